The molecule has 1 saturated heterocycles. The van der Waals surface area contributed by atoms with Crippen LogP contribution >= 0.6 is 11.6 Å². The first-order valence-corrected chi connectivity index (χ1v) is 5.31. The van der Waals surface area contributed by atoms with Gasteiger partial charge in [-0.05, 0) is 37.1 Å². The van der Waals surface area contributed by atoms with E-state index in [0.29, 0.717) is 5.02 Å². The van der Waals surface area contributed by atoms with Crippen LogP contribution in [0.1, 0.15) is 12.8 Å². The Hall–Kier alpha value is -1.22. The molecule has 0 amide bonds. The van der Waals surface area contributed by atoms with Gasteiger partial charge in [-0.1, -0.05) is 11.6 Å². The Labute approximate surface area is 93.3 Å². The van der Waals surface area contributed by atoms with E-state index >= 15 is 0 Å². The zero-order valence-corrected chi connectivity index (χ0v) is 8.94. The van der Waals surface area contributed by atoms with Gasteiger partial charge in [0, 0.05) is 17.3 Å². The molecular weight excluding hydrogens is 214 g/mol. The zero-order chi connectivity index (χ0) is 10.8. The quantitative estimate of drug-likeness (QED) is 0.840. The SMILES string of the molecule is O=C(O)[C@@H]1CCCN1c1ccc(Cl)cc1. The number of rotatable bonds is 2. The summed E-state index contributed by atoms with van der Waals surface area (Å²) in [4.78, 5) is 12.9. The van der Waals surface area contributed by atoms with E-state index in [2.05, 4.69) is 0 Å². The molecule has 0 bridgehead atoms. The lowest BCUT2D eigenvalue weighted by Crippen LogP contribution is -2.35. The maximum Gasteiger partial charge on any atom is 0.326 e. The van der Waals surface area contributed by atoms with Crippen LogP contribution in [0.5, 0.6) is 0 Å². The van der Waals surface area contributed by atoms with E-state index in [1.807, 2.05) is 17.0 Å². The van der Waals surface area contributed by atoms with Crippen LogP contribution in [-0.2, 0) is 4.79 Å². The number of halogens is 1. The van der Waals surface area contributed by atoms with Crippen LogP contribution in [0.2, 0.25) is 5.02 Å². The number of benzene rings is 1. The minimum atomic E-state index is -0.748. The van der Waals surface area contributed by atoms with E-state index in [9.17, 15) is 4.79 Å². The maximum absolute atomic E-state index is 11.0. The fourth-order valence-corrected chi connectivity index (χ4v) is 2.09. The molecule has 1 aromatic rings. The molecule has 3 nitrogen and oxygen atoms in total. The summed E-state index contributed by atoms with van der Waals surface area (Å²) in [5.41, 5.74) is 0.935. The summed E-state index contributed by atoms with van der Waals surface area (Å²) in [7, 11) is 0. The minimum Gasteiger partial charge on any atom is -0.480 e. The first-order chi connectivity index (χ1) is 7.18. The second-order valence-electron chi connectivity index (χ2n) is 3.67. The Kier molecular flexibility index (Phi) is 2.82. The van der Waals surface area contributed by atoms with Gasteiger partial charge in [0.15, 0.2) is 0 Å². The van der Waals surface area contributed by atoms with Crippen LogP contribution in [0, 0.1) is 0 Å². The van der Waals surface area contributed by atoms with Crippen LogP contribution in [-0.4, -0.2) is 23.7 Å². The maximum atomic E-state index is 11.0. The van der Waals surface area contributed by atoms with Gasteiger partial charge in [-0.25, -0.2) is 4.79 Å². The van der Waals surface area contributed by atoms with Crippen molar-refractivity contribution in [3.63, 3.8) is 0 Å². The highest BCUT2D eigenvalue weighted by molar-refractivity contribution is 6.30. The molecule has 1 aliphatic rings. The van der Waals surface area contributed by atoms with Crippen LogP contribution in [0.4, 0.5) is 5.69 Å². The highest BCUT2D eigenvalue weighted by atomic mass is 35.5. The highest BCUT2D eigenvalue weighted by Crippen LogP contribution is 2.26. The summed E-state index contributed by atoms with van der Waals surface area (Å²) in [5, 5.41) is 9.70. The Morgan fingerprint density at radius 3 is 2.67 bits per heavy atom. The lowest BCUT2D eigenvalue weighted by molar-refractivity contribution is -0.138. The summed E-state index contributed by atoms with van der Waals surface area (Å²) in [6, 6.07) is 6.92. The Balaban J connectivity index is 2.22. The molecule has 1 aromatic carbocycles. The van der Waals surface area contributed by atoms with Gasteiger partial charge in [-0.3, -0.25) is 0 Å². The Bertz CT molecular complexity index is 363. The number of carbonyl (C=O) groups is 1. The monoisotopic (exact) mass is 225 g/mol. The predicted molar refractivity (Wildman–Crippen MR) is 59.5 cm³/mol. The molecule has 0 unspecified atom stereocenters. The smallest absolute Gasteiger partial charge is 0.326 e. The van der Waals surface area contributed by atoms with E-state index in [1.165, 1.54) is 0 Å². The molecule has 80 valence electrons. The summed E-state index contributed by atoms with van der Waals surface area (Å²) in [5.74, 6) is -0.748. The van der Waals surface area contributed by atoms with Gasteiger partial charge >= 0.3 is 5.97 Å². The number of hydrogen-bond acceptors (Lipinski definition) is 2. The van der Waals surface area contributed by atoms with E-state index in [0.717, 1.165) is 25.1 Å². The number of nitrogens with zero attached hydrogens (tertiary/aromatic N) is 1. The van der Waals surface area contributed by atoms with E-state index in [1.54, 1.807) is 12.1 Å². The van der Waals surface area contributed by atoms with E-state index in [4.69, 9.17) is 16.7 Å². The van der Waals surface area contributed by atoms with Crippen molar-refractivity contribution in [1.82, 2.24) is 0 Å². The summed E-state index contributed by atoms with van der Waals surface area (Å²) in [6.07, 6.45) is 1.65. The molecule has 0 saturated carbocycles. The third-order valence-corrected chi connectivity index (χ3v) is 2.95. The number of aliphatic carboxylic acids is 1. The molecule has 0 radical (unpaired) electrons. The normalized spacial score (nSPS) is 20.6. The van der Waals surface area contributed by atoms with Gasteiger partial charge in [0.2, 0.25) is 0 Å². The highest BCUT2D eigenvalue weighted by Gasteiger charge is 2.30. The molecule has 1 heterocycles. The second-order valence-corrected chi connectivity index (χ2v) is 4.10. The average molecular weight is 226 g/mol. The van der Waals surface area contributed by atoms with Crippen molar-refractivity contribution in [2.75, 3.05) is 11.4 Å². The van der Waals surface area contributed by atoms with Gasteiger partial charge in [-0.2, -0.15) is 0 Å². The lowest BCUT2D eigenvalue weighted by Gasteiger charge is -2.23. The molecule has 2 rings (SSSR count). The van der Waals surface area contributed by atoms with Crippen LogP contribution in [0.3, 0.4) is 0 Å². The van der Waals surface area contributed by atoms with Crippen molar-refractivity contribution >= 4 is 23.3 Å². The van der Waals surface area contributed by atoms with Crippen LogP contribution in [0.15, 0.2) is 24.3 Å². The standard InChI is InChI=1S/C11H12ClNO2/c12-8-3-5-9(6-4-8)13-7-1-2-10(13)11(14)15/h3-6,10H,1-2,7H2,(H,14,15)/t10-/m0/s1. The third kappa shape index (κ3) is 2.07. The molecule has 1 fully saturated rings. The zero-order valence-electron chi connectivity index (χ0n) is 8.19. The van der Waals surface area contributed by atoms with Crippen molar-refractivity contribution in [2.45, 2.75) is 18.9 Å². The fourth-order valence-electron chi connectivity index (χ4n) is 1.97. The van der Waals surface area contributed by atoms with Gasteiger partial charge in [0.1, 0.15) is 6.04 Å². The molecule has 1 aliphatic heterocycles. The molecule has 4 heteroatoms. The molecule has 15 heavy (non-hydrogen) atoms. The first-order valence-electron chi connectivity index (χ1n) is 4.93. The minimum absolute atomic E-state index is 0.383. The summed E-state index contributed by atoms with van der Waals surface area (Å²) < 4.78 is 0. The second kappa shape index (κ2) is 4.11. The van der Waals surface area contributed by atoms with Crippen molar-refractivity contribution < 1.29 is 9.90 Å². The van der Waals surface area contributed by atoms with Crippen molar-refractivity contribution in [1.29, 1.82) is 0 Å². The number of anilines is 1. The number of hydrogen-bond donors (Lipinski definition) is 1. The summed E-state index contributed by atoms with van der Waals surface area (Å²) >= 11 is 5.78. The van der Waals surface area contributed by atoms with Gasteiger partial charge in [-0.15, -0.1) is 0 Å². The topological polar surface area (TPSA) is 40.5 Å². The predicted octanol–water partition coefficient (Wildman–Crippen LogP) is 2.39. The number of carboxylic acid groups (broad SMARTS) is 1. The van der Waals surface area contributed by atoms with Crippen LogP contribution < -0.4 is 4.90 Å². The van der Waals surface area contributed by atoms with Crippen LogP contribution in [0.25, 0.3) is 0 Å². The Morgan fingerprint density at radius 2 is 2.07 bits per heavy atom. The van der Waals surface area contributed by atoms with Crippen molar-refractivity contribution in [3.8, 4) is 0 Å². The van der Waals surface area contributed by atoms with Gasteiger partial charge in [0.25, 0.3) is 0 Å². The average Bonchev–Trinajstić information content (AvgIpc) is 2.67. The van der Waals surface area contributed by atoms with Crippen molar-refractivity contribution in [3.05, 3.63) is 29.3 Å². The van der Waals surface area contributed by atoms with Gasteiger partial charge in [0.05, 0.1) is 0 Å². The van der Waals surface area contributed by atoms with Crippen molar-refractivity contribution in [2.24, 2.45) is 0 Å². The van der Waals surface area contributed by atoms with E-state index in [-0.39, 0.29) is 6.04 Å². The van der Waals surface area contributed by atoms with Gasteiger partial charge < -0.3 is 10.0 Å². The summed E-state index contributed by atoms with van der Waals surface area (Å²) in [6.45, 7) is 0.804. The lowest BCUT2D eigenvalue weighted by atomic mass is 10.2. The largest absolute Gasteiger partial charge is 0.480 e. The first kappa shape index (κ1) is 10.3. The number of carboxylic acids is 1. The third-order valence-electron chi connectivity index (χ3n) is 2.70. The fraction of sp³-hybridized carbons (Fsp3) is 0.364. The molecule has 0 spiro atoms. The molecule has 1 N–H and O–H groups in total. The van der Waals surface area contributed by atoms with E-state index < -0.39 is 5.97 Å². The molecule has 0 aliphatic carbocycles. The Morgan fingerprint density at radius 1 is 1.40 bits per heavy atom. The molecular formula is C11H12ClNO2. The molecule has 0 aromatic heterocycles. The molecule has 1 atom stereocenters.